The highest BCUT2D eigenvalue weighted by molar-refractivity contribution is 5.70. The number of hydrogen-bond acceptors (Lipinski definition) is 4. The molecule has 2 aromatic rings. The lowest BCUT2D eigenvalue weighted by molar-refractivity contribution is -0.274. The van der Waals surface area contributed by atoms with Crippen molar-refractivity contribution in [1.82, 2.24) is 5.16 Å². The van der Waals surface area contributed by atoms with Gasteiger partial charge in [-0.2, -0.15) is 0 Å². The molecule has 0 saturated heterocycles. The van der Waals surface area contributed by atoms with Crippen molar-refractivity contribution in [3.8, 4) is 17.0 Å². The molecule has 0 bridgehead atoms. The number of benzene rings is 1. The summed E-state index contributed by atoms with van der Waals surface area (Å²) < 4.78 is 54.7. The van der Waals surface area contributed by atoms with E-state index in [1.165, 1.54) is 25.0 Å². The SMILES string of the molecule is FC(F)(F)Oc1ccccc1-c1noc(C2CC2)c1COC1CC2CC23C[C@H]3C1. The minimum absolute atomic E-state index is 0.222. The van der Waals surface area contributed by atoms with Crippen molar-refractivity contribution in [2.75, 3.05) is 0 Å². The second kappa shape index (κ2) is 6.00. The molecule has 154 valence electrons. The summed E-state index contributed by atoms with van der Waals surface area (Å²) in [4.78, 5) is 0. The van der Waals surface area contributed by atoms with Crippen LogP contribution in [0.4, 0.5) is 13.2 Å². The number of ether oxygens (including phenoxy) is 2. The second-order valence-corrected chi connectivity index (χ2v) is 9.13. The van der Waals surface area contributed by atoms with Gasteiger partial charge in [0.1, 0.15) is 17.2 Å². The number of aromatic nitrogens is 1. The molecule has 0 amide bonds. The first kappa shape index (κ1) is 17.8. The fourth-order valence-corrected chi connectivity index (χ4v) is 5.47. The van der Waals surface area contributed by atoms with E-state index in [2.05, 4.69) is 9.89 Å². The van der Waals surface area contributed by atoms with Crippen molar-refractivity contribution in [3.63, 3.8) is 0 Å². The Hall–Kier alpha value is -2.02. The molecular formula is C22H22F3NO3. The first-order valence-corrected chi connectivity index (χ1v) is 10.4. The van der Waals surface area contributed by atoms with E-state index in [1.54, 1.807) is 12.1 Å². The van der Waals surface area contributed by atoms with Gasteiger partial charge in [0.2, 0.25) is 0 Å². The Morgan fingerprint density at radius 3 is 2.52 bits per heavy atom. The van der Waals surface area contributed by atoms with Crippen LogP contribution < -0.4 is 4.74 Å². The molecule has 4 atom stereocenters. The fraction of sp³-hybridized carbons (Fsp3) is 0.591. The first-order chi connectivity index (χ1) is 13.9. The van der Waals surface area contributed by atoms with Gasteiger partial charge in [0, 0.05) is 17.0 Å². The molecule has 6 rings (SSSR count). The predicted molar refractivity (Wildman–Crippen MR) is 97.1 cm³/mol. The van der Waals surface area contributed by atoms with E-state index in [1.807, 2.05) is 0 Å². The summed E-state index contributed by atoms with van der Waals surface area (Å²) in [6.07, 6.45) is 2.39. The number of hydrogen-bond donors (Lipinski definition) is 0. The molecule has 1 spiro atoms. The van der Waals surface area contributed by atoms with Crippen LogP contribution in [-0.4, -0.2) is 17.6 Å². The quantitative estimate of drug-likeness (QED) is 0.607. The third-order valence-corrected chi connectivity index (χ3v) is 7.25. The van der Waals surface area contributed by atoms with Gasteiger partial charge in [-0.1, -0.05) is 17.3 Å². The molecule has 4 aliphatic rings. The number of alkyl halides is 3. The van der Waals surface area contributed by atoms with E-state index >= 15 is 0 Å². The maximum atomic E-state index is 12.9. The molecule has 4 nitrogen and oxygen atoms in total. The maximum absolute atomic E-state index is 12.9. The number of rotatable bonds is 6. The molecule has 0 aliphatic heterocycles. The second-order valence-electron chi connectivity index (χ2n) is 9.13. The zero-order valence-electron chi connectivity index (χ0n) is 15.9. The standard InChI is InChI=1S/C22H22F3NO3/c23-22(24,25)28-18-4-2-1-3-16(18)19-17(20(29-26-19)12-5-6-12)11-27-15-7-13-9-21(13)10-14(21)8-15/h1-4,12-15H,5-11H2/t13-,14?,15?,21?/m1/s1. The van der Waals surface area contributed by atoms with Crippen LogP contribution in [0.25, 0.3) is 11.3 Å². The van der Waals surface area contributed by atoms with E-state index in [-0.39, 0.29) is 23.3 Å². The zero-order chi connectivity index (χ0) is 19.8. The molecule has 0 N–H and O–H groups in total. The van der Waals surface area contributed by atoms with Gasteiger partial charge in [0.05, 0.1) is 12.7 Å². The van der Waals surface area contributed by atoms with Gasteiger partial charge >= 0.3 is 6.36 Å². The van der Waals surface area contributed by atoms with Crippen molar-refractivity contribution in [1.29, 1.82) is 0 Å². The summed E-state index contributed by atoms with van der Waals surface area (Å²) in [6, 6.07) is 6.08. The minimum atomic E-state index is -4.76. The van der Waals surface area contributed by atoms with Crippen LogP contribution in [0.15, 0.2) is 28.8 Å². The topological polar surface area (TPSA) is 44.5 Å². The molecule has 4 saturated carbocycles. The van der Waals surface area contributed by atoms with Gasteiger partial charge in [-0.05, 0) is 67.9 Å². The van der Waals surface area contributed by atoms with Gasteiger partial charge in [-0.3, -0.25) is 0 Å². The van der Waals surface area contributed by atoms with Gasteiger partial charge in [0.15, 0.2) is 0 Å². The average molecular weight is 405 g/mol. The van der Waals surface area contributed by atoms with Gasteiger partial charge < -0.3 is 14.0 Å². The maximum Gasteiger partial charge on any atom is 0.573 e. The Balaban J connectivity index is 1.27. The summed E-state index contributed by atoms with van der Waals surface area (Å²) in [6.45, 7) is 0.322. The Bertz CT molecular complexity index is 931. The van der Waals surface area contributed by atoms with E-state index in [0.29, 0.717) is 17.7 Å². The number of para-hydroxylation sites is 1. The summed E-state index contributed by atoms with van der Waals surface area (Å²) in [5.41, 5.74) is 2.13. The average Bonchev–Trinajstić information content (AvgIpc) is 3.57. The molecule has 0 radical (unpaired) electrons. The lowest BCUT2D eigenvalue weighted by Gasteiger charge is -2.21. The Labute approximate surface area is 166 Å². The summed E-state index contributed by atoms with van der Waals surface area (Å²) in [5, 5.41) is 4.15. The molecule has 3 unspecified atom stereocenters. The highest BCUT2D eigenvalue weighted by atomic mass is 19.4. The van der Waals surface area contributed by atoms with Crippen molar-refractivity contribution < 1.29 is 27.2 Å². The van der Waals surface area contributed by atoms with Gasteiger partial charge in [0.25, 0.3) is 0 Å². The predicted octanol–water partition coefficient (Wildman–Crippen LogP) is 5.82. The van der Waals surface area contributed by atoms with Crippen molar-refractivity contribution >= 4 is 0 Å². The third-order valence-electron chi connectivity index (χ3n) is 7.25. The van der Waals surface area contributed by atoms with Crippen LogP contribution in [0.1, 0.15) is 55.8 Å². The number of halogens is 3. The van der Waals surface area contributed by atoms with Gasteiger partial charge in [-0.25, -0.2) is 0 Å². The van der Waals surface area contributed by atoms with Crippen LogP contribution in [0, 0.1) is 17.3 Å². The highest BCUT2D eigenvalue weighted by Gasteiger charge is 2.72. The van der Waals surface area contributed by atoms with Crippen LogP contribution in [-0.2, 0) is 11.3 Å². The largest absolute Gasteiger partial charge is 0.573 e. The lowest BCUT2D eigenvalue weighted by atomic mass is 9.97. The molecule has 29 heavy (non-hydrogen) atoms. The summed E-state index contributed by atoms with van der Waals surface area (Å²) >= 11 is 0. The fourth-order valence-electron chi connectivity index (χ4n) is 5.47. The normalized spacial score (nSPS) is 32.4. The van der Waals surface area contributed by atoms with Crippen molar-refractivity contribution in [2.24, 2.45) is 17.3 Å². The molecule has 1 heterocycles. The van der Waals surface area contributed by atoms with E-state index in [9.17, 15) is 13.2 Å². The molecule has 4 aliphatic carbocycles. The van der Waals surface area contributed by atoms with E-state index in [4.69, 9.17) is 9.26 Å². The van der Waals surface area contributed by atoms with Crippen LogP contribution in [0.5, 0.6) is 5.75 Å². The van der Waals surface area contributed by atoms with E-state index < -0.39 is 6.36 Å². The van der Waals surface area contributed by atoms with Crippen LogP contribution in [0.2, 0.25) is 0 Å². The zero-order valence-corrected chi connectivity index (χ0v) is 15.9. The summed E-state index contributed by atoms with van der Waals surface area (Å²) in [5.74, 6) is 2.41. The number of nitrogens with zero attached hydrogens (tertiary/aromatic N) is 1. The Kier molecular flexibility index (Phi) is 3.68. The Morgan fingerprint density at radius 2 is 1.83 bits per heavy atom. The molecule has 1 aromatic carbocycles. The van der Waals surface area contributed by atoms with Crippen LogP contribution >= 0.6 is 0 Å². The molecular weight excluding hydrogens is 383 g/mol. The van der Waals surface area contributed by atoms with Crippen molar-refractivity contribution in [2.45, 2.75) is 63.5 Å². The molecule has 4 fully saturated rings. The minimum Gasteiger partial charge on any atom is -0.405 e. The molecule has 1 aromatic heterocycles. The van der Waals surface area contributed by atoms with Gasteiger partial charge in [-0.15, -0.1) is 13.2 Å². The Morgan fingerprint density at radius 1 is 1.10 bits per heavy atom. The van der Waals surface area contributed by atoms with Crippen LogP contribution in [0.3, 0.4) is 0 Å². The monoisotopic (exact) mass is 405 g/mol. The molecule has 7 heteroatoms. The lowest BCUT2D eigenvalue weighted by Crippen LogP contribution is -2.19. The van der Waals surface area contributed by atoms with E-state index in [0.717, 1.165) is 48.8 Å². The third kappa shape index (κ3) is 3.14. The summed E-state index contributed by atoms with van der Waals surface area (Å²) in [7, 11) is 0. The highest BCUT2D eigenvalue weighted by Crippen LogP contribution is 2.79. The smallest absolute Gasteiger partial charge is 0.405 e. The first-order valence-electron chi connectivity index (χ1n) is 10.4. The van der Waals surface area contributed by atoms with Crippen molar-refractivity contribution in [3.05, 3.63) is 35.6 Å².